The molecule has 6 heteroatoms. The van der Waals surface area contributed by atoms with Crippen LogP contribution in [0.15, 0.2) is 64.0 Å². The molecule has 28 heavy (non-hydrogen) atoms. The SMILES string of the molecule is Cc1ccc2oc(-c3ccc(N=Cc4ccc5c(c4)OCO5)cc3O)nc2c1. The highest BCUT2D eigenvalue weighted by molar-refractivity contribution is 5.84. The normalized spacial score (nSPS) is 12.9. The van der Waals surface area contributed by atoms with Crippen LogP contribution in [0.5, 0.6) is 17.2 Å². The molecule has 0 fully saturated rings. The van der Waals surface area contributed by atoms with Crippen molar-refractivity contribution in [2.45, 2.75) is 6.92 Å². The molecule has 1 N–H and O–H groups in total. The lowest BCUT2D eigenvalue weighted by Gasteiger charge is -2.02. The minimum atomic E-state index is 0.0589. The van der Waals surface area contributed by atoms with Crippen molar-refractivity contribution in [3.63, 3.8) is 0 Å². The smallest absolute Gasteiger partial charge is 0.231 e. The summed E-state index contributed by atoms with van der Waals surface area (Å²) in [6.45, 7) is 2.23. The van der Waals surface area contributed by atoms with Crippen LogP contribution in [-0.2, 0) is 0 Å². The number of benzene rings is 3. The number of phenolic OH excluding ortho intramolecular Hbond substituents is 1. The lowest BCUT2D eigenvalue weighted by atomic mass is 10.1. The summed E-state index contributed by atoms with van der Waals surface area (Å²) < 4.78 is 16.4. The van der Waals surface area contributed by atoms with Gasteiger partial charge in [-0.15, -0.1) is 0 Å². The molecule has 0 saturated carbocycles. The van der Waals surface area contributed by atoms with Gasteiger partial charge in [0.25, 0.3) is 0 Å². The van der Waals surface area contributed by atoms with Crippen LogP contribution >= 0.6 is 0 Å². The summed E-state index contributed by atoms with van der Waals surface area (Å²) in [4.78, 5) is 8.89. The van der Waals surface area contributed by atoms with Crippen LogP contribution in [0, 0.1) is 6.92 Å². The van der Waals surface area contributed by atoms with Gasteiger partial charge in [-0.3, -0.25) is 4.99 Å². The molecule has 0 radical (unpaired) electrons. The van der Waals surface area contributed by atoms with E-state index in [4.69, 9.17) is 13.9 Å². The van der Waals surface area contributed by atoms with Gasteiger partial charge in [-0.1, -0.05) is 6.07 Å². The van der Waals surface area contributed by atoms with Gasteiger partial charge in [-0.2, -0.15) is 0 Å². The Morgan fingerprint density at radius 3 is 2.79 bits per heavy atom. The molecule has 6 nitrogen and oxygen atoms in total. The quantitative estimate of drug-likeness (QED) is 0.513. The number of aromatic hydroxyl groups is 1. The Hall–Kier alpha value is -3.80. The first-order valence-corrected chi connectivity index (χ1v) is 8.80. The van der Waals surface area contributed by atoms with E-state index in [-0.39, 0.29) is 12.5 Å². The zero-order valence-electron chi connectivity index (χ0n) is 15.0. The highest BCUT2D eigenvalue weighted by Crippen LogP contribution is 2.35. The van der Waals surface area contributed by atoms with E-state index in [0.717, 1.165) is 22.4 Å². The van der Waals surface area contributed by atoms with Crippen LogP contribution in [0.4, 0.5) is 5.69 Å². The highest BCUT2D eigenvalue weighted by Gasteiger charge is 2.14. The number of aromatic nitrogens is 1. The van der Waals surface area contributed by atoms with E-state index in [1.807, 2.05) is 43.3 Å². The second-order valence-electron chi connectivity index (χ2n) is 6.56. The fourth-order valence-electron chi connectivity index (χ4n) is 3.08. The summed E-state index contributed by atoms with van der Waals surface area (Å²) in [5, 5.41) is 10.4. The van der Waals surface area contributed by atoms with Gasteiger partial charge in [0.1, 0.15) is 11.3 Å². The Morgan fingerprint density at radius 2 is 1.89 bits per heavy atom. The number of hydrogen-bond acceptors (Lipinski definition) is 6. The third kappa shape index (κ3) is 2.95. The van der Waals surface area contributed by atoms with E-state index in [1.165, 1.54) is 0 Å². The molecule has 4 aromatic rings. The number of oxazole rings is 1. The van der Waals surface area contributed by atoms with Gasteiger partial charge in [-0.05, 0) is 60.5 Å². The average Bonchev–Trinajstić information content (AvgIpc) is 3.32. The Labute approximate surface area is 160 Å². The highest BCUT2D eigenvalue weighted by atomic mass is 16.7. The monoisotopic (exact) mass is 372 g/mol. The number of hydrogen-bond donors (Lipinski definition) is 1. The molecule has 138 valence electrons. The summed E-state index contributed by atoms with van der Waals surface area (Å²) >= 11 is 0. The van der Waals surface area contributed by atoms with Crippen molar-refractivity contribution < 1.29 is 19.0 Å². The van der Waals surface area contributed by atoms with E-state index < -0.39 is 0 Å². The first kappa shape index (κ1) is 16.4. The number of rotatable bonds is 3. The molecule has 0 saturated heterocycles. The first-order valence-electron chi connectivity index (χ1n) is 8.80. The molecule has 1 aliphatic rings. The van der Waals surface area contributed by atoms with Gasteiger partial charge in [0.15, 0.2) is 17.1 Å². The van der Waals surface area contributed by atoms with E-state index in [2.05, 4.69) is 9.98 Å². The van der Waals surface area contributed by atoms with Crippen LogP contribution in [0.2, 0.25) is 0 Å². The summed E-state index contributed by atoms with van der Waals surface area (Å²) in [6, 6.07) is 16.5. The van der Waals surface area contributed by atoms with E-state index >= 15 is 0 Å². The number of phenols is 1. The van der Waals surface area contributed by atoms with Gasteiger partial charge >= 0.3 is 0 Å². The molecule has 2 heterocycles. The third-order valence-electron chi connectivity index (χ3n) is 4.51. The van der Waals surface area contributed by atoms with Gasteiger partial charge in [0.2, 0.25) is 12.7 Å². The lowest BCUT2D eigenvalue weighted by Crippen LogP contribution is -1.92. The molecule has 0 atom stereocenters. The average molecular weight is 372 g/mol. The van der Waals surface area contributed by atoms with Gasteiger partial charge < -0.3 is 19.0 Å². The van der Waals surface area contributed by atoms with E-state index in [9.17, 15) is 5.11 Å². The Balaban J connectivity index is 1.42. The van der Waals surface area contributed by atoms with E-state index in [0.29, 0.717) is 28.5 Å². The molecule has 0 unspecified atom stereocenters. The maximum Gasteiger partial charge on any atom is 0.231 e. The van der Waals surface area contributed by atoms with Crippen molar-refractivity contribution in [1.29, 1.82) is 0 Å². The predicted octanol–water partition coefficient (Wildman–Crippen LogP) is 4.99. The molecular weight excluding hydrogens is 356 g/mol. The second-order valence-corrected chi connectivity index (χ2v) is 6.56. The van der Waals surface area contributed by atoms with Crippen LogP contribution < -0.4 is 9.47 Å². The zero-order chi connectivity index (χ0) is 19.1. The maximum atomic E-state index is 10.4. The van der Waals surface area contributed by atoms with Gasteiger partial charge in [0.05, 0.1) is 11.3 Å². The van der Waals surface area contributed by atoms with Crippen molar-refractivity contribution in [3.8, 4) is 28.7 Å². The van der Waals surface area contributed by atoms with Gasteiger partial charge in [-0.25, -0.2) is 4.98 Å². The third-order valence-corrected chi connectivity index (χ3v) is 4.51. The predicted molar refractivity (Wildman–Crippen MR) is 106 cm³/mol. The van der Waals surface area contributed by atoms with Crippen molar-refractivity contribution >= 4 is 23.0 Å². The summed E-state index contributed by atoms with van der Waals surface area (Å²) in [6.07, 6.45) is 1.71. The second kappa shape index (κ2) is 6.42. The van der Waals surface area contributed by atoms with Crippen LogP contribution in [-0.4, -0.2) is 23.1 Å². The topological polar surface area (TPSA) is 77.1 Å². The number of ether oxygens (including phenoxy) is 2. The largest absolute Gasteiger partial charge is 0.507 e. The van der Waals surface area contributed by atoms with Crippen LogP contribution in [0.1, 0.15) is 11.1 Å². The molecule has 5 rings (SSSR count). The van der Waals surface area contributed by atoms with Crippen molar-refractivity contribution in [2.75, 3.05) is 6.79 Å². The van der Waals surface area contributed by atoms with Crippen LogP contribution in [0.3, 0.4) is 0 Å². The number of aryl methyl sites for hydroxylation is 1. The number of fused-ring (bicyclic) bond motifs is 2. The molecular formula is C22H16N2O4. The fraction of sp³-hybridized carbons (Fsp3) is 0.0909. The molecule has 1 aromatic heterocycles. The number of aliphatic imine (C=N–C) groups is 1. The standard InChI is InChI=1S/C22H16N2O4/c1-13-2-6-19-17(8-13)24-22(28-19)16-5-4-15(10-18(16)25)23-11-14-3-7-20-21(9-14)27-12-26-20/h2-11,25H,12H2,1H3. The Kier molecular flexibility index (Phi) is 3.76. The summed E-state index contributed by atoms with van der Waals surface area (Å²) in [5.74, 6) is 1.87. The zero-order valence-corrected chi connectivity index (χ0v) is 15.0. The van der Waals surface area contributed by atoms with Crippen LogP contribution in [0.25, 0.3) is 22.6 Å². The van der Waals surface area contributed by atoms with Gasteiger partial charge in [0, 0.05) is 12.3 Å². The van der Waals surface area contributed by atoms with E-state index in [1.54, 1.807) is 24.4 Å². The molecule has 0 spiro atoms. The molecule has 1 aliphatic heterocycles. The van der Waals surface area contributed by atoms with Crippen molar-refractivity contribution in [1.82, 2.24) is 4.98 Å². The minimum Gasteiger partial charge on any atom is -0.507 e. The molecule has 3 aromatic carbocycles. The number of nitrogens with zero attached hydrogens (tertiary/aromatic N) is 2. The summed E-state index contributed by atoms with van der Waals surface area (Å²) in [7, 11) is 0. The maximum absolute atomic E-state index is 10.4. The van der Waals surface area contributed by atoms with Crippen molar-refractivity contribution in [3.05, 3.63) is 65.7 Å². The molecule has 0 amide bonds. The molecule has 0 aliphatic carbocycles. The Bertz CT molecular complexity index is 1230. The fourth-order valence-corrected chi connectivity index (χ4v) is 3.08. The lowest BCUT2D eigenvalue weighted by molar-refractivity contribution is 0.174. The Morgan fingerprint density at radius 1 is 1.00 bits per heavy atom. The minimum absolute atomic E-state index is 0.0589. The molecule has 0 bridgehead atoms. The first-order chi connectivity index (χ1) is 13.7. The summed E-state index contributed by atoms with van der Waals surface area (Å²) in [5.41, 5.74) is 4.57. The van der Waals surface area contributed by atoms with Crippen molar-refractivity contribution in [2.24, 2.45) is 4.99 Å².